The van der Waals surface area contributed by atoms with E-state index in [1.54, 1.807) is 0 Å². The summed E-state index contributed by atoms with van der Waals surface area (Å²) < 4.78 is 0. The Kier molecular flexibility index (Phi) is 5.82. The first-order chi connectivity index (χ1) is 12.6. The average molecular weight is 345 g/mol. The van der Waals surface area contributed by atoms with Crippen LogP contribution in [0, 0.1) is 6.92 Å². The number of hydrogen-bond acceptors (Lipinski definition) is 1. The van der Waals surface area contributed by atoms with Gasteiger partial charge in [0, 0.05) is 16.8 Å². The molecule has 1 atom stereocenters. The van der Waals surface area contributed by atoms with Crippen LogP contribution >= 0.6 is 0 Å². The van der Waals surface area contributed by atoms with Crippen molar-refractivity contribution < 1.29 is 9.69 Å². The minimum atomic E-state index is 0.0185. The summed E-state index contributed by atoms with van der Waals surface area (Å²) in [5.41, 5.74) is 4.40. The zero-order valence-corrected chi connectivity index (χ0v) is 15.3. The van der Waals surface area contributed by atoms with E-state index in [0.717, 1.165) is 16.2 Å². The predicted octanol–water partition coefficient (Wildman–Crippen LogP) is 3.24. The topological polar surface area (TPSA) is 33.5 Å². The van der Waals surface area contributed by atoms with Gasteiger partial charge < -0.3 is 10.2 Å². The lowest BCUT2D eigenvalue weighted by atomic mass is 9.97. The van der Waals surface area contributed by atoms with Gasteiger partial charge in [0.05, 0.1) is 7.05 Å². The van der Waals surface area contributed by atoms with E-state index in [1.807, 2.05) is 67.6 Å². The predicted molar refractivity (Wildman–Crippen MR) is 106 cm³/mol. The molecule has 0 aromatic heterocycles. The number of likely N-dealkylation sites (N-methyl/N-ethyl adjacent to an activating group) is 1. The first kappa shape index (κ1) is 17.9. The highest BCUT2D eigenvalue weighted by Gasteiger charge is 2.24. The second-order valence-corrected chi connectivity index (χ2v) is 6.70. The lowest BCUT2D eigenvalue weighted by molar-refractivity contribution is -0.897. The monoisotopic (exact) mass is 345 g/mol. The zero-order valence-electron chi connectivity index (χ0n) is 15.3. The van der Waals surface area contributed by atoms with Crippen LogP contribution in [0.1, 0.15) is 22.7 Å². The number of anilines is 1. The second-order valence-electron chi connectivity index (χ2n) is 6.70. The molecule has 26 heavy (non-hydrogen) atoms. The van der Waals surface area contributed by atoms with Gasteiger partial charge in [-0.25, -0.2) is 0 Å². The maximum absolute atomic E-state index is 12.6. The molecule has 3 aromatic carbocycles. The standard InChI is InChI=1S/C23H24N2O/c1-18-10-9-15-21(16-18)24-22(26)17-25(2)23(19-11-5-3-6-12-19)20-13-7-4-8-14-20/h3-16,23H,17H2,1-2H3,(H,24,26)/p+1. The van der Waals surface area contributed by atoms with Gasteiger partial charge in [0.2, 0.25) is 0 Å². The SMILES string of the molecule is Cc1cccc(NC(=O)C[NH+](C)C(c2ccccc2)c2ccccc2)c1. The Hall–Kier alpha value is -2.91. The molecule has 0 saturated carbocycles. The molecule has 3 aromatic rings. The van der Waals surface area contributed by atoms with Crippen molar-refractivity contribution >= 4 is 11.6 Å². The smallest absolute Gasteiger partial charge is 0.279 e. The van der Waals surface area contributed by atoms with Crippen molar-refractivity contribution in [3.63, 3.8) is 0 Å². The van der Waals surface area contributed by atoms with E-state index in [2.05, 4.69) is 36.6 Å². The lowest BCUT2D eigenvalue weighted by Crippen LogP contribution is -3.10. The molecule has 2 N–H and O–H groups in total. The minimum absolute atomic E-state index is 0.0185. The van der Waals surface area contributed by atoms with Gasteiger partial charge in [-0.05, 0) is 24.6 Å². The first-order valence-electron chi connectivity index (χ1n) is 8.92. The average Bonchev–Trinajstić information content (AvgIpc) is 2.63. The van der Waals surface area contributed by atoms with E-state index >= 15 is 0 Å². The highest BCUT2D eigenvalue weighted by Crippen LogP contribution is 2.18. The van der Waals surface area contributed by atoms with Crippen molar-refractivity contribution in [3.8, 4) is 0 Å². The molecule has 0 radical (unpaired) electrons. The summed E-state index contributed by atoms with van der Waals surface area (Å²) in [5, 5.41) is 3.01. The molecule has 3 heteroatoms. The summed E-state index contributed by atoms with van der Waals surface area (Å²) in [5.74, 6) is 0.0185. The molecular formula is C23H25N2O+. The Bertz CT molecular complexity index is 807. The van der Waals surface area contributed by atoms with Gasteiger partial charge in [0.25, 0.3) is 5.91 Å². The fourth-order valence-corrected chi connectivity index (χ4v) is 3.34. The normalized spacial score (nSPS) is 12.0. The molecule has 3 nitrogen and oxygen atoms in total. The first-order valence-corrected chi connectivity index (χ1v) is 8.92. The minimum Gasteiger partial charge on any atom is -0.321 e. The molecule has 0 fully saturated rings. The maximum atomic E-state index is 12.6. The van der Waals surface area contributed by atoms with Crippen LogP contribution in [0.25, 0.3) is 0 Å². The Balaban J connectivity index is 1.77. The number of benzene rings is 3. The Morgan fingerprint density at radius 1 is 0.885 bits per heavy atom. The van der Waals surface area contributed by atoms with Crippen molar-refractivity contribution in [2.24, 2.45) is 0 Å². The number of hydrogen-bond donors (Lipinski definition) is 2. The Morgan fingerprint density at radius 3 is 2.00 bits per heavy atom. The van der Waals surface area contributed by atoms with E-state index in [0.29, 0.717) is 6.54 Å². The van der Waals surface area contributed by atoms with Crippen LogP contribution < -0.4 is 10.2 Å². The van der Waals surface area contributed by atoms with E-state index in [-0.39, 0.29) is 11.9 Å². The quantitative estimate of drug-likeness (QED) is 0.706. The van der Waals surface area contributed by atoms with Gasteiger partial charge in [-0.1, -0.05) is 72.8 Å². The molecule has 0 aliphatic rings. The van der Waals surface area contributed by atoms with Crippen LogP contribution in [0.4, 0.5) is 5.69 Å². The van der Waals surface area contributed by atoms with Crippen LogP contribution in [0.2, 0.25) is 0 Å². The number of rotatable bonds is 6. The molecule has 0 aliphatic carbocycles. The van der Waals surface area contributed by atoms with Crippen LogP contribution in [0.5, 0.6) is 0 Å². The van der Waals surface area contributed by atoms with Gasteiger partial charge in [-0.3, -0.25) is 4.79 Å². The number of amides is 1. The van der Waals surface area contributed by atoms with Crippen LogP contribution in [-0.4, -0.2) is 19.5 Å². The van der Waals surface area contributed by atoms with Crippen molar-refractivity contribution in [2.45, 2.75) is 13.0 Å². The van der Waals surface area contributed by atoms with Crippen molar-refractivity contribution in [3.05, 3.63) is 102 Å². The van der Waals surface area contributed by atoms with Crippen LogP contribution in [0.15, 0.2) is 84.9 Å². The Labute approximate surface area is 155 Å². The van der Waals surface area contributed by atoms with Gasteiger partial charge in [-0.2, -0.15) is 0 Å². The third-order valence-electron chi connectivity index (χ3n) is 4.50. The van der Waals surface area contributed by atoms with Crippen molar-refractivity contribution in [2.75, 3.05) is 18.9 Å². The highest BCUT2D eigenvalue weighted by atomic mass is 16.2. The van der Waals surface area contributed by atoms with Gasteiger partial charge in [0.1, 0.15) is 6.04 Å². The number of quaternary nitrogens is 1. The molecule has 3 rings (SSSR count). The molecule has 0 saturated heterocycles. The third-order valence-corrected chi connectivity index (χ3v) is 4.50. The number of nitrogens with one attached hydrogen (secondary N) is 2. The van der Waals surface area contributed by atoms with E-state index in [9.17, 15) is 4.79 Å². The maximum Gasteiger partial charge on any atom is 0.279 e. The van der Waals surface area contributed by atoms with E-state index in [1.165, 1.54) is 11.1 Å². The Morgan fingerprint density at radius 2 is 1.46 bits per heavy atom. The van der Waals surface area contributed by atoms with Gasteiger partial charge >= 0.3 is 0 Å². The molecule has 1 unspecified atom stereocenters. The van der Waals surface area contributed by atoms with Crippen molar-refractivity contribution in [1.29, 1.82) is 0 Å². The second kappa shape index (κ2) is 8.45. The zero-order chi connectivity index (χ0) is 18.4. The highest BCUT2D eigenvalue weighted by molar-refractivity contribution is 5.91. The van der Waals surface area contributed by atoms with Gasteiger partial charge in [0.15, 0.2) is 6.54 Å². The largest absolute Gasteiger partial charge is 0.321 e. The van der Waals surface area contributed by atoms with Crippen molar-refractivity contribution in [1.82, 2.24) is 0 Å². The fourth-order valence-electron chi connectivity index (χ4n) is 3.34. The lowest BCUT2D eigenvalue weighted by Gasteiger charge is -2.25. The number of aryl methyl sites for hydroxylation is 1. The summed E-state index contributed by atoms with van der Waals surface area (Å²) in [4.78, 5) is 13.7. The molecule has 132 valence electrons. The third kappa shape index (κ3) is 4.58. The summed E-state index contributed by atoms with van der Waals surface area (Å²) in [6.45, 7) is 2.41. The van der Waals surface area contributed by atoms with E-state index < -0.39 is 0 Å². The summed E-state index contributed by atoms with van der Waals surface area (Å²) in [6.07, 6.45) is 0. The summed E-state index contributed by atoms with van der Waals surface area (Å²) in [7, 11) is 2.07. The number of carbonyl (C=O) groups is 1. The molecule has 0 spiro atoms. The molecule has 0 aliphatic heterocycles. The number of carbonyl (C=O) groups excluding carboxylic acids is 1. The summed E-state index contributed by atoms with van der Waals surface area (Å²) in [6, 6.07) is 28.7. The summed E-state index contributed by atoms with van der Waals surface area (Å²) >= 11 is 0. The van der Waals surface area contributed by atoms with Gasteiger partial charge in [-0.15, -0.1) is 0 Å². The van der Waals surface area contributed by atoms with Crippen LogP contribution in [0.3, 0.4) is 0 Å². The molecular weight excluding hydrogens is 320 g/mol. The van der Waals surface area contributed by atoms with Crippen LogP contribution in [-0.2, 0) is 4.79 Å². The molecule has 0 bridgehead atoms. The molecule has 1 amide bonds. The fraction of sp³-hybridized carbons (Fsp3) is 0.174. The van der Waals surface area contributed by atoms with E-state index in [4.69, 9.17) is 0 Å². The molecule has 0 heterocycles.